The first-order chi connectivity index (χ1) is 12.2. The molecule has 0 aliphatic carbocycles. The third-order valence-corrected chi connectivity index (χ3v) is 5.93. The molecule has 0 saturated carbocycles. The van der Waals surface area contributed by atoms with Crippen molar-refractivity contribution in [3.05, 3.63) is 53.1 Å². The molecule has 5 nitrogen and oxygen atoms in total. The molecule has 1 aliphatic rings. The Bertz CT molecular complexity index is 926. The van der Waals surface area contributed by atoms with Crippen molar-refractivity contribution < 1.29 is 13.2 Å². The number of anilines is 2. The average molecular weight is 393 g/mol. The van der Waals surface area contributed by atoms with E-state index >= 15 is 0 Å². The van der Waals surface area contributed by atoms with Gasteiger partial charge in [0.25, 0.3) is 0 Å². The highest BCUT2D eigenvalue weighted by Gasteiger charge is 2.25. The van der Waals surface area contributed by atoms with E-state index in [9.17, 15) is 13.2 Å². The predicted octanol–water partition coefficient (Wildman–Crippen LogP) is 3.64. The molecule has 1 heterocycles. The topological polar surface area (TPSA) is 66.5 Å². The summed E-state index contributed by atoms with van der Waals surface area (Å²) in [4.78, 5) is 14.1. The SMILES string of the molecule is CC(=O)c1ccc(S(C)(=O)=O)c(NC2CCN(c3ccc(Cl)cc3)C2)c1. The molecule has 26 heavy (non-hydrogen) atoms. The fraction of sp³-hybridized carbons (Fsp3) is 0.316. The molecule has 1 unspecified atom stereocenters. The molecule has 1 atom stereocenters. The van der Waals surface area contributed by atoms with Gasteiger partial charge < -0.3 is 10.2 Å². The summed E-state index contributed by atoms with van der Waals surface area (Å²) in [5.41, 5.74) is 2.06. The number of hydrogen-bond donors (Lipinski definition) is 1. The molecule has 3 rings (SSSR count). The number of ketones is 1. The normalized spacial score (nSPS) is 17.3. The summed E-state index contributed by atoms with van der Waals surface area (Å²) in [5, 5.41) is 4.02. The van der Waals surface area contributed by atoms with E-state index in [1.807, 2.05) is 24.3 Å². The number of Topliss-reactive ketones (excluding diaryl/α,β-unsaturated/α-hetero) is 1. The molecule has 0 radical (unpaired) electrons. The fourth-order valence-electron chi connectivity index (χ4n) is 3.17. The summed E-state index contributed by atoms with van der Waals surface area (Å²) in [7, 11) is -3.39. The Kier molecular flexibility index (Phi) is 5.25. The van der Waals surface area contributed by atoms with Gasteiger partial charge in [0, 0.05) is 41.7 Å². The zero-order valence-corrected chi connectivity index (χ0v) is 16.3. The highest BCUT2D eigenvalue weighted by atomic mass is 35.5. The van der Waals surface area contributed by atoms with E-state index in [-0.39, 0.29) is 16.7 Å². The lowest BCUT2D eigenvalue weighted by atomic mass is 10.1. The van der Waals surface area contributed by atoms with Gasteiger partial charge in [-0.25, -0.2) is 8.42 Å². The van der Waals surface area contributed by atoms with Gasteiger partial charge in [-0.05, 0) is 55.8 Å². The third-order valence-electron chi connectivity index (χ3n) is 4.53. The van der Waals surface area contributed by atoms with Crippen LogP contribution >= 0.6 is 11.6 Å². The zero-order valence-electron chi connectivity index (χ0n) is 14.7. The quantitative estimate of drug-likeness (QED) is 0.787. The van der Waals surface area contributed by atoms with E-state index in [0.717, 1.165) is 25.2 Å². The second-order valence-corrected chi connectivity index (χ2v) is 9.01. The Morgan fingerprint density at radius 1 is 1.19 bits per heavy atom. The number of rotatable bonds is 5. The predicted molar refractivity (Wildman–Crippen MR) is 105 cm³/mol. The van der Waals surface area contributed by atoms with Crippen molar-refractivity contribution in [1.29, 1.82) is 0 Å². The number of hydrogen-bond acceptors (Lipinski definition) is 5. The Hall–Kier alpha value is -2.05. The van der Waals surface area contributed by atoms with Gasteiger partial charge in [0.05, 0.1) is 10.6 Å². The van der Waals surface area contributed by atoms with Gasteiger partial charge in [0.2, 0.25) is 0 Å². The smallest absolute Gasteiger partial charge is 0.177 e. The average Bonchev–Trinajstić information content (AvgIpc) is 3.03. The standard InChI is InChI=1S/C19H21ClN2O3S/c1-13(23)14-3-8-19(26(2,24)25)18(11-14)21-16-9-10-22(12-16)17-6-4-15(20)5-7-17/h3-8,11,16,21H,9-10,12H2,1-2H3. The molecule has 7 heteroatoms. The van der Waals surface area contributed by atoms with Gasteiger partial charge in [-0.3, -0.25) is 4.79 Å². The van der Waals surface area contributed by atoms with E-state index in [1.54, 1.807) is 12.1 Å². The van der Waals surface area contributed by atoms with Gasteiger partial charge in [-0.15, -0.1) is 0 Å². The zero-order chi connectivity index (χ0) is 18.9. The van der Waals surface area contributed by atoms with Crippen LogP contribution in [0.2, 0.25) is 5.02 Å². The van der Waals surface area contributed by atoms with E-state index in [1.165, 1.54) is 19.2 Å². The second kappa shape index (κ2) is 7.29. The summed E-state index contributed by atoms with van der Waals surface area (Å²) in [6, 6.07) is 12.4. The highest BCUT2D eigenvalue weighted by Crippen LogP contribution is 2.28. The monoisotopic (exact) mass is 392 g/mol. The van der Waals surface area contributed by atoms with Crippen LogP contribution in [0, 0.1) is 0 Å². The number of nitrogens with one attached hydrogen (secondary N) is 1. The first-order valence-corrected chi connectivity index (χ1v) is 10.6. The maximum atomic E-state index is 12.1. The van der Waals surface area contributed by atoms with Gasteiger partial charge >= 0.3 is 0 Å². The number of carbonyl (C=O) groups excluding carboxylic acids is 1. The molecule has 0 bridgehead atoms. The molecule has 0 aromatic heterocycles. The Morgan fingerprint density at radius 2 is 1.88 bits per heavy atom. The van der Waals surface area contributed by atoms with Crippen LogP contribution in [0.3, 0.4) is 0 Å². The molecule has 0 spiro atoms. The van der Waals surface area contributed by atoms with Crippen molar-refractivity contribution in [3.8, 4) is 0 Å². The van der Waals surface area contributed by atoms with E-state index in [2.05, 4.69) is 10.2 Å². The van der Waals surface area contributed by atoms with E-state index in [4.69, 9.17) is 11.6 Å². The van der Waals surface area contributed by atoms with Crippen LogP contribution in [0.1, 0.15) is 23.7 Å². The van der Waals surface area contributed by atoms with Crippen molar-refractivity contribution in [3.63, 3.8) is 0 Å². The Balaban J connectivity index is 1.81. The lowest BCUT2D eigenvalue weighted by molar-refractivity contribution is 0.101. The first kappa shape index (κ1) is 18.7. The van der Waals surface area contributed by atoms with E-state index < -0.39 is 9.84 Å². The molecule has 1 fully saturated rings. The summed E-state index contributed by atoms with van der Waals surface area (Å²) >= 11 is 5.94. The molecule has 2 aromatic rings. The van der Waals surface area contributed by atoms with Crippen LogP contribution in [0.5, 0.6) is 0 Å². The molecular formula is C19H21ClN2O3S. The summed E-state index contributed by atoms with van der Waals surface area (Å²) in [5.74, 6) is -0.0951. The summed E-state index contributed by atoms with van der Waals surface area (Å²) in [6.07, 6.45) is 2.05. The molecule has 1 saturated heterocycles. The van der Waals surface area contributed by atoms with Crippen LogP contribution < -0.4 is 10.2 Å². The minimum Gasteiger partial charge on any atom is -0.379 e. The highest BCUT2D eigenvalue weighted by molar-refractivity contribution is 7.90. The van der Waals surface area contributed by atoms with Gasteiger partial charge in [0.15, 0.2) is 15.6 Å². The minimum atomic E-state index is -3.39. The van der Waals surface area contributed by atoms with Gasteiger partial charge in [-0.1, -0.05) is 11.6 Å². The Labute approximate surface area is 158 Å². The van der Waals surface area contributed by atoms with Crippen LogP contribution in [0.4, 0.5) is 11.4 Å². The van der Waals surface area contributed by atoms with Crippen molar-refractivity contribution in [2.45, 2.75) is 24.3 Å². The Morgan fingerprint density at radius 3 is 2.50 bits per heavy atom. The number of benzene rings is 2. The number of nitrogens with zero attached hydrogens (tertiary/aromatic N) is 1. The van der Waals surface area contributed by atoms with Crippen molar-refractivity contribution >= 4 is 38.6 Å². The molecular weight excluding hydrogens is 372 g/mol. The summed E-state index contributed by atoms with van der Waals surface area (Å²) in [6.45, 7) is 3.08. The molecule has 1 aliphatic heterocycles. The van der Waals surface area contributed by atoms with Crippen molar-refractivity contribution in [1.82, 2.24) is 0 Å². The summed E-state index contributed by atoms with van der Waals surface area (Å²) < 4.78 is 24.2. The van der Waals surface area contributed by atoms with Gasteiger partial charge in [-0.2, -0.15) is 0 Å². The molecule has 2 aromatic carbocycles. The van der Waals surface area contributed by atoms with Crippen LogP contribution in [0.25, 0.3) is 0 Å². The third kappa shape index (κ3) is 4.19. The minimum absolute atomic E-state index is 0.0911. The lowest BCUT2D eigenvalue weighted by Crippen LogP contribution is -2.26. The molecule has 0 amide bonds. The van der Waals surface area contributed by atoms with Crippen LogP contribution in [-0.2, 0) is 9.84 Å². The maximum absolute atomic E-state index is 12.1. The second-order valence-electron chi connectivity index (χ2n) is 6.59. The first-order valence-electron chi connectivity index (χ1n) is 8.36. The van der Waals surface area contributed by atoms with Crippen LogP contribution in [0.15, 0.2) is 47.4 Å². The maximum Gasteiger partial charge on any atom is 0.177 e. The van der Waals surface area contributed by atoms with Crippen molar-refractivity contribution in [2.75, 3.05) is 29.6 Å². The van der Waals surface area contributed by atoms with E-state index in [0.29, 0.717) is 16.3 Å². The number of sulfone groups is 1. The molecule has 138 valence electrons. The largest absolute Gasteiger partial charge is 0.379 e. The molecule has 1 N–H and O–H groups in total. The number of halogens is 1. The number of carbonyl (C=O) groups is 1. The fourth-order valence-corrected chi connectivity index (χ4v) is 4.13. The lowest BCUT2D eigenvalue weighted by Gasteiger charge is -2.20. The van der Waals surface area contributed by atoms with Crippen LogP contribution in [-0.4, -0.2) is 39.6 Å². The van der Waals surface area contributed by atoms with Gasteiger partial charge in [0.1, 0.15) is 0 Å². The van der Waals surface area contributed by atoms with Crippen molar-refractivity contribution in [2.24, 2.45) is 0 Å².